The molecule has 0 saturated carbocycles. The van der Waals surface area contributed by atoms with Crippen LogP contribution in [0.25, 0.3) is 21.6 Å². The second-order valence-electron chi connectivity index (χ2n) is 5.69. The van der Waals surface area contributed by atoms with Crippen molar-refractivity contribution >= 4 is 11.3 Å². The number of halogens is 3. The zero-order chi connectivity index (χ0) is 18.0. The van der Waals surface area contributed by atoms with Gasteiger partial charge in [0.1, 0.15) is 5.82 Å². The van der Waals surface area contributed by atoms with Gasteiger partial charge in [-0.2, -0.15) is 4.39 Å². The highest BCUT2D eigenvalue weighted by Crippen LogP contribution is 2.34. The molecule has 25 heavy (non-hydrogen) atoms. The number of rotatable bonds is 5. The first kappa shape index (κ1) is 17.5. The number of hydrogen-bond acceptors (Lipinski definition) is 2. The Morgan fingerprint density at radius 2 is 1.68 bits per heavy atom. The highest BCUT2D eigenvalue weighted by molar-refractivity contribution is 7.15. The molecule has 0 aliphatic carbocycles. The van der Waals surface area contributed by atoms with Crippen LogP contribution in [-0.4, -0.2) is 6.61 Å². The highest BCUT2D eigenvalue weighted by Gasteiger charge is 2.17. The molecule has 0 atom stereocenters. The van der Waals surface area contributed by atoms with E-state index in [4.69, 9.17) is 4.74 Å². The maximum Gasteiger partial charge on any atom is 0.201 e. The van der Waals surface area contributed by atoms with E-state index in [1.54, 1.807) is 12.1 Å². The van der Waals surface area contributed by atoms with E-state index in [1.165, 1.54) is 29.5 Å². The predicted octanol–water partition coefficient (Wildman–Crippen LogP) is 6.60. The summed E-state index contributed by atoms with van der Waals surface area (Å²) in [5.74, 6) is -2.68. The molecule has 0 aliphatic heterocycles. The summed E-state index contributed by atoms with van der Waals surface area (Å²) >= 11 is 1.48. The standard InChI is InChI=1S/C20H17F3OS/c1-3-10-24-17-8-7-14(19(22)20(17)23)13-5-6-15(16(21)11-13)18-9-4-12(2)25-18/h4-9,11H,3,10H2,1-2H3. The summed E-state index contributed by atoms with van der Waals surface area (Å²) in [6, 6.07) is 11.0. The van der Waals surface area contributed by atoms with Crippen LogP contribution >= 0.6 is 11.3 Å². The van der Waals surface area contributed by atoms with Gasteiger partial charge in [-0.25, -0.2) is 8.78 Å². The first-order chi connectivity index (χ1) is 12.0. The summed E-state index contributed by atoms with van der Waals surface area (Å²) in [7, 11) is 0. The van der Waals surface area contributed by atoms with Gasteiger partial charge in [0.2, 0.25) is 5.82 Å². The third-order valence-electron chi connectivity index (χ3n) is 3.79. The van der Waals surface area contributed by atoms with E-state index in [0.717, 1.165) is 9.75 Å². The van der Waals surface area contributed by atoms with E-state index in [0.29, 0.717) is 18.6 Å². The van der Waals surface area contributed by atoms with Crippen molar-refractivity contribution in [2.75, 3.05) is 6.61 Å². The lowest BCUT2D eigenvalue weighted by Crippen LogP contribution is -2.00. The SMILES string of the molecule is CCCOc1ccc(-c2ccc(-c3ccc(C)s3)c(F)c2)c(F)c1F. The van der Waals surface area contributed by atoms with Crippen LogP contribution in [-0.2, 0) is 0 Å². The van der Waals surface area contributed by atoms with Gasteiger partial charge in [0.25, 0.3) is 0 Å². The van der Waals surface area contributed by atoms with Gasteiger partial charge in [0.05, 0.1) is 6.61 Å². The van der Waals surface area contributed by atoms with Gasteiger partial charge in [0, 0.05) is 20.9 Å². The molecule has 0 spiro atoms. The molecule has 3 aromatic rings. The number of thiophene rings is 1. The minimum atomic E-state index is -1.05. The van der Waals surface area contributed by atoms with Crippen molar-refractivity contribution in [2.45, 2.75) is 20.3 Å². The second-order valence-corrected chi connectivity index (χ2v) is 6.98. The Morgan fingerprint density at radius 3 is 2.32 bits per heavy atom. The molecule has 0 fully saturated rings. The number of aryl methyl sites for hydroxylation is 1. The van der Waals surface area contributed by atoms with Crippen LogP contribution in [0.2, 0.25) is 0 Å². The average molecular weight is 362 g/mol. The second kappa shape index (κ2) is 7.31. The molecule has 0 amide bonds. The van der Waals surface area contributed by atoms with Gasteiger partial charge in [-0.3, -0.25) is 0 Å². The van der Waals surface area contributed by atoms with Crippen molar-refractivity contribution in [3.63, 3.8) is 0 Å². The molecule has 1 heterocycles. The summed E-state index contributed by atoms with van der Waals surface area (Å²) in [5, 5.41) is 0. The van der Waals surface area contributed by atoms with Crippen molar-refractivity contribution in [3.05, 3.63) is 64.8 Å². The van der Waals surface area contributed by atoms with Crippen LogP contribution in [0.3, 0.4) is 0 Å². The van der Waals surface area contributed by atoms with Crippen LogP contribution in [0.1, 0.15) is 18.2 Å². The average Bonchev–Trinajstić information content (AvgIpc) is 3.02. The van der Waals surface area contributed by atoms with E-state index < -0.39 is 17.5 Å². The fourth-order valence-electron chi connectivity index (χ4n) is 2.54. The quantitative estimate of drug-likeness (QED) is 0.497. The molecule has 5 heteroatoms. The minimum Gasteiger partial charge on any atom is -0.490 e. The number of benzene rings is 2. The van der Waals surface area contributed by atoms with E-state index >= 15 is 0 Å². The maximum absolute atomic E-state index is 14.5. The lowest BCUT2D eigenvalue weighted by Gasteiger charge is -2.11. The Balaban J connectivity index is 1.97. The Hall–Kier alpha value is -2.27. The number of hydrogen-bond donors (Lipinski definition) is 0. The molecular formula is C20H17F3OS. The molecule has 0 bridgehead atoms. The topological polar surface area (TPSA) is 9.23 Å². The summed E-state index contributed by atoms with van der Waals surface area (Å²) in [6.45, 7) is 4.13. The first-order valence-corrected chi connectivity index (χ1v) is 8.80. The molecule has 1 nitrogen and oxygen atoms in total. The largest absolute Gasteiger partial charge is 0.490 e. The fraction of sp³-hybridized carbons (Fsp3) is 0.200. The van der Waals surface area contributed by atoms with Gasteiger partial charge in [-0.1, -0.05) is 13.0 Å². The van der Waals surface area contributed by atoms with E-state index in [2.05, 4.69) is 0 Å². The minimum absolute atomic E-state index is 0.00848. The van der Waals surface area contributed by atoms with E-state index in [1.807, 2.05) is 26.0 Å². The van der Waals surface area contributed by atoms with Gasteiger partial charge in [-0.05, 0) is 55.3 Å². The van der Waals surface area contributed by atoms with Crippen molar-refractivity contribution in [2.24, 2.45) is 0 Å². The third kappa shape index (κ3) is 3.56. The molecule has 0 saturated heterocycles. The molecule has 0 aliphatic rings. The smallest absolute Gasteiger partial charge is 0.201 e. The molecule has 3 rings (SSSR count). The molecule has 130 valence electrons. The Morgan fingerprint density at radius 1 is 0.920 bits per heavy atom. The molecule has 0 radical (unpaired) electrons. The van der Waals surface area contributed by atoms with Gasteiger partial charge >= 0.3 is 0 Å². The first-order valence-electron chi connectivity index (χ1n) is 7.98. The van der Waals surface area contributed by atoms with Crippen molar-refractivity contribution in [3.8, 4) is 27.3 Å². The Kier molecular flexibility index (Phi) is 5.13. The van der Waals surface area contributed by atoms with Crippen LogP contribution in [0.15, 0.2) is 42.5 Å². The van der Waals surface area contributed by atoms with Crippen molar-refractivity contribution in [1.29, 1.82) is 0 Å². The molecule has 0 N–H and O–H groups in total. The lowest BCUT2D eigenvalue weighted by atomic mass is 10.0. The molecule has 2 aromatic carbocycles. The predicted molar refractivity (Wildman–Crippen MR) is 95.6 cm³/mol. The van der Waals surface area contributed by atoms with Gasteiger partial charge < -0.3 is 4.74 Å². The monoisotopic (exact) mass is 362 g/mol. The number of ether oxygens (including phenoxy) is 1. The van der Waals surface area contributed by atoms with Crippen LogP contribution in [0.4, 0.5) is 13.2 Å². The highest BCUT2D eigenvalue weighted by atomic mass is 32.1. The van der Waals surface area contributed by atoms with E-state index in [9.17, 15) is 13.2 Å². The van der Waals surface area contributed by atoms with Crippen molar-refractivity contribution < 1.29 is 17.9 Å². The van der Waals surface area contributed by atoms with Crippen LogP contribution in [0.5, 0.6) is 5.75 Å². The zero-order valence-electron chi connectivity index (χ0n) is 13.9. The van der Waals surface area contributed by atoms with Crippen LogP contribution < -0.4 is 4.74 Å². The Bertz CT molecular complexity index is 902. The molecule has 0 unspecified atom stereocenters. The third-order valence-corrected chi connectivity index (χ3v) is 4.83. The van der Waals surface area contributed by atoms with Crippen LogP contribution in [0, 0.1) is 24.4 Å². The van der Waals surface area contributed by atoms with Gasteiger partial charge in [-0.15, -0.1) is 11.3 Å². The Labute approximate surface area is 148 Å². The maximum atomic E-state index is 14.5. The summed E-state index contributed by atoms with van der Waals surface area (Å²) in [5.41, 5.74) is 0.743. The van der Waals surface area contributed by atoms with E-state index in [-0.39, 0.29) is 16.9 Å². The zero-order valence-corrected chi connectivity index (χ0v) is 14.7. The lowest BCUT2D eigenvalue weighted by molar-refractivity contribution is 0.295. The fourth-order valence-corrected chi connectivity index (χ4v) is 3.43. The summed E-state index contributed by atoms with van der Waals surface area (Å²) in [6.07, 6.45) is 0.692. The normalized spacial score (nSPS) is 10.9. The molecule has 1 aromatic heterocycles. The van der Waals surface area contributed by atoms with Crippen molar-refractivity contribution in [1.82, 2.24) is 0 Å². The summed E-state index contributed by atoms with van der Waals surface area (Å²) < 4.78 is 48.1. The molecular weight excluding hydrogens is 345 g/mol. The van der Waals surface area contributed by atoms with Gasteiger partial charge in [0.15, 0.2) is 11.6 Å². The summed E-state index contributed by atoms with van der Waals surface area (Å²) in [4.78, 5) is 1.88.